The minimum atomic E-state index is -5.08. The Labute approximate surface area is 217 Å². The van der Waals surface area contributed by atoms with Crippen molar-refractivity contribution in [2.24, 2.45) is 17.8 Å². The van der Waals surface area contributed by atoms with Gasteiger partial charge in [-0.2, -0.15) is 18.7 Å². The van der Waals surface area contributed by atoms with Gasteiger partial charge in [-0.1, -0.05) is 30.3 Å². The number of nitrogens with one attached hydrogen (secondary N) is 1. The molecule has 0 unspecified atom stereocenters. The fourth-order valence-corrected chi connectivity index (χ4v) is 6.75. The third-order valence-electron chi connectivity index (χ3n) is 7.79. The number of hydrogen-bond acceptors (Lipinski definition) is 5. The Hall–Kier alpha value is -3.37. The third kappa shape index (κ3) is 6.36. The second-order valence-electron chi connectivity index (χ2n) is 10.5. The van der Waals surface area contributed by atoms with Gasteiger partial charge >= 0.3 is 18.1 Å². The maximum atomic E-state index is 10.7. The molecule has 4 saturated carbocycles. The van der Waals surface area contributed by atoms with Crippen LogP contribution in [0.3, 0.4) is 0 Å². The zero-order valence-electron chi connectivity index (χ0n) is 20.6. The Balaban J connectivity index is 0.000000426. The molecule has 0 aliphatic heterocycles. The van der Waals surface area contributed by atoms with E-state index >= 15 is 0 Å². The highest BCUT2D eigenvalue weighted by atomic mass is 19.4. The van der Waals surface area contributed by atoms with E-state index in [0.717, 1.165) is 46.3 Å². The molecule has 0 aromatic heterocycles. The van der Waals surface area contributed by atoms with Gasteiger partial charge in [0.2, 0.25) is 0 Å². The summed E-state index contributed by atoms with van der Waals surface area (Å²) in [5.41, 5.74) is 6.69. The number of halogens is 3. The van der Waals surface area contributed by atoms with Gasteiger partial charge in [-0.15, -0.1) is 0 Å². The van der Waals surface area contributed by atoms with E-state index < -0.39 is 18.1 Å². The summed E-state index contributed by atoms with van der Waals surface area (Å²) in [6.07, 6.45) is 5.56. The van der Waals surface area contributed by atoms with E-state index in [-0.39, 0.29) is 12.1 Å². The van der Waals surface area contributed by atoms with Gasteiger partial charge in [0.1, 0.15) is 5.75 Å². The molecule has 0 radical (unpaired) electrons. The maximum Gasteiger partial charge on any atom is 0.490 e. The zero-order chi connectivity index (χ0) is 27.5. The Kier molecular flexibility index (Phi) is 8.13. The van der Waals surface area contributed by atoms with E-state index in [9.17, 15) is 18.0 Å². The van der Waals surface area contributed by atoms with Crippen molar-refractivity contribution >= 4 is 18.0 Å². The summed E-state index contributed by atoms with van der Waals surface area (Å²) in [6, 6.07) is 14.4. The third-order valence-corrected chi connectivity index (χ3v) is 7.79. The monoisotopic (exact) mass is 533 g/mol. The van der Waals surface area contributed by atoms with Crippen molar-refractivity contribution in [1.82, 2.24) is 5.48 Å². The number of alkyl halides is 3. The first-order chi connectivity index (χ1) is 18.0. The molecule has 4 fully saturated rings. The lowest BCUT2D eigenvalue weighted by Crippen LogP contribution is -2.48. The Morgan fingerprint density at radius 3 is 1.95 bits per heavy atom. The molecule has 4 aliphatic carbocycles. The van der Waals surface area contributed by atoms with E-state index in [2.05, 4.69) is 17.6 Å². The summed E-state index contributed by atoms with van der Waals surface area (Å²) in [4.78, 5) is 19.6. The molecule has 0 atom stereocenters. The predicted octanol–water partition coefficient (Wildman–Crippen LogP) is 5.87. The van der Waals surface area contributed by atoms with Crippen molar-refractivity contribution in [1.29, 1.82) is 0 Å². The van der Waals surface area contributed by atoms with E-state index in [4.69, 9.17) is 25.0 Å². The fourth-order valence-electron chi connectivity index (χ4n) is 6.75. The van der Waals surface area contributed by atoms with Crippen LogP contribution >= 0.6 is 0 Å². The molecule has 38 heavy (non-hydrogen) atoms. The Morgan fingerprint density at radius 2 is 1.47 bits per heavy atom. The van der Waals surface area contributed by atoms with Crippen LogP contribution in [0.5, 0.6) is 5.75 Å². The molecule has 0 heterocycles. The number of ether oxygens (including phenoxy) is 1. The zero-order valence-corrected chi connectivity index (χ0v) is 20.6. The van der Waals surface area contributed by atoms with E-state index in [1.807, 2.05) is 30.3 Å². The molecular weight excluding hydrogens is 503 g/mol. The van der Waals surface area contributed by atoms with Crippen LogP contribution in [-0.4, -0.2) is 40.3 Å². The van der Waals surface area contributed by atoms with Gasteiger partial charge in [-0.3, -0.25) is 0 Å². The predicted molar refractivity (Wildman–Crippen MR) is 133 cm³/mol. The average molecular weight is 534 g/mol. The van der Waals surface area contributed by atoms with Crippen LogP contribution in [0.2, 0.25) is 0 Å². The van der Waals surface area contributed by atoms with Crippen LogP contribution in [0.1, 0.15) is 49.7 Å². The molecule has 0 amide bonds. The lowest BCUT2D eigenvalue weighted by molar-refractivity contribution is -0.192. The second kappa shape index (κ2) is 11.2. The minimum Gasteiger partial charge on any atom is -0.478 e. The van der Waals surface area contributed by atoms with Crippen LogP contribution in [0.4, 0.5) is 13.2 Å². The molecule has 0 saturated heterocycles. The molecule has 204 valence electrons. The van der Waals surface area contributed by atoms with Gasteiger partial charge in [-0.25, -0.2) is 9.59 Å². The van der Waals surface area contributed by atoms with E-state index in [1.165, 1.54) is 44.1 Å². The summed E-state index contributed by atoms with van der Waals surface area (Å²) in [5.74, 6) is -0.338. The highest BCUT2D eigenvalue weighted by Crippen LogP contribution is 2.62. The van der Waals surface area contributed by atoms with Crippen molar-refractivity contribution in [2.75, 3.05) is 6.73 Å². The van der Waals surface area contributed by atoms with Crippen molar-refractivity contribution in [3.8, 4) is 16.9 Å². The number of carbonyl (C=O) groups is 2. The van der Waals surface area contributed by atoms with Crippen molar-refractivity contribution in [2.45, 2.75) is 50.1 Å². The van der Waals surface area contributed by atoms with Crippen molar-refractivity contribution < 1.29 is 42.9 Å². The summed E-state index contributed by atoms with van der Waals surface area (Å²) in [5, 5.41) is 25.0. The summed E-state index contributed by atoms with van der Waals surface area (Å²) >= 11 is 0. The highest BCUT2D eigenvalue weighted by molar-refractivity contribution is 5.85. The molecule has 0 spiro atoms. The minimum absolute atomic E-state index is 0.0727. The first-order valence-corrected chi connectivity index (χ1v) is 12.4. The number of rotatable bonds is 7. The summed E-state index contributed by atoms with van der Waals surface area (Å²) < 4.78 is 37.7. The SMILES string of the molecule is O=C(O)C(F)(F)F.O=C(O)C=Cc1ccc(-c2ccc(OCNO)c(C34CC5CC(CC(C5)C3)C4)c2)cc1. The smallest absolute Gasteiger partial charge is 0.478 e. The van der Waals surface area contributed by atoms with Gasteiger partial charge in [0.25, 0.3) is 0 Å². The number of carboxylic acid groups (broad SMARTS) is 2. The number of benzene rings is 2. The first kappa shape index (κ1) is 27.7. The normalized spacial score (nSPS) is 25.6. The molecule has 2 aromatic rings. The molecule has 4 bridgehead atoms. The average Bonchev–Trinajstić information content (AvgIpc) is 2.85. The maximum absolute atomic E-state index is 10.7. The number of carboxylic acids is 2. The number of aliphatic carboxylic acids is 2. The number of hydroxylamine groups is 1. The van der Waals surface area contributed by atoms with Gasteiger partial charge < -0.3 is 20.2 Å². The van der Waals surface area contributed by atoms with Crippen LogP contribution in [-0.2, 0) is 15.0 Å². The molecule has 2 aromatic carbocycles. The van der Waals surface area contributed by atoms with Crippen LogP contribution in [0, 0.1) is 17.8 Å². The van der Waals surface area contributed by atoms with E-state index in [1.54, 1.807) is 6.08 Å². The van der Waals surface area contributed by atoms with E-state index in [0.29, 0.717) is 0 Å². The van der Waals surface area contributed by atoms with Gasteiger partial charge in [0, 0.05) is 11.6 Å². The Morgan fingerprint density at radius 1 is 0.947 bits per heavy atom. The van der Waals surface area contributed by atoms with Crippen molar-refractivity contribution in [3.05, 3.63) is 59.7 Å². The lowest BCUT2D eigenvalue weighted by atomic mass is 9.48. The fraction of sp³-hybridized carbons (Fsp3) is 0.429. The van der Waals surface area contributed by atoms with Gasteiger partial charge in [0.15, 0.2) is 6.73 Å². The topological polar surface area (TPSA) is 116 Å². The van der Waals surface area contributed by atoms with Crippen LogP contribution in [0.15, 0.2) is 48.5 Å². The first-order valence-electron chi connectivity index (χ1n) is 12.4. The second-order valence-corrected chi connectivity index (χ2v) is 10.5. The van der Waals surface area contributed by atoms with Gasteiger partial charge in [-0.05, 0) is 96.6 Å². The molecule has 6 rings (SSSR count). The summed E-state index contributed by atoms with van der Waals surface area (Å²) in [6.45, 7) is 0.0727. The van der Waals surface area contributed by atoms with Crippen LogP contribution < -0.4 is 10.2 Å². The Bertz CT molecular complexity index is 1160. The molecule has 4 aliphatic rings. The molecule has 7 nitrogen and oxygen atoms in total. The lowest BCUT2D eigenvalue weighted by Gasteiger charge is -2.57. The molecule has 10 heteroatoms. The van der Waals surface area contributed by atoms with Crippen LogP contribution in [0.25, 0.3) is 17.2 Å². The number of hydrogen-bond donors (Lipinski definition) is 4. The molecule has 4 N–H and O–H groups in total. The standard InChI is InChI=1S/C26H29NO4.C2HF3O2/c28-25(29)8-3-17-1-4-21(5-2-17)22-6-7-24(31-16-27-30)23(12-22)26-13-18-9-19(14-26)11-20(10-18)15-26;3-2(4,5)1(6)7/h1-8,12,18-20,27,30H,9-11,13-16H2,(H,28,29);(H,6,7). The van der Waals surface area contributed by atoms with Gasteiger partial charge in [0.05, 0.1) is 0 Å². The largest absolute Gasteiger partial charge is 0.490 e. The highest BCUT2D eigenvalue weighted by Gasteiger charge is 2.52. The summed E-state index contributed by atoms with van der Waals surface area (Å²) in [7, 11) is 0. The molecular formula is C28H30F3NO6. The quantitative estimate of drug-likeness (QED) is 0.200. The van der Waals surface area contributed by atoms with Crippen molar-refractivity contribution in [3.63, 3.8) is 0 Å².